The van der Waals surface area contributed by atoms with E-state index < -0.39 is 10.9 Å². The van der Waals surface area contributed by atoms with Crippen molar-refractivity contribution < 1.29 is 24.0 Å². The van der Waals surface area contributed by atoms with Crippen molar-refractivity contribution in [3.8, 4) is 0 Å². The summed E-state index contributed by atoms with van der Waals surface area (Å²) in [6.07, 6.45) is 1.69. The lowest BCUT2D eigenvalue weighted by Crippen LogP contribution is -2.36. The molecule has 4 rings (SSSR count). The summed E-state index contributed by atoms with van der Waals surface area (Å²) in [5.41, 5.74) is 2.34. The number of esters is 1. The molecule has 0 radical (unpaired) electrons. The normalized spacial score (nSPS) is 18.4. The molecule has 0 saturated carbocycles. The van der Waals surface area contributed by atoms with Crippen LogP contribution in [0.25, 0.3) is 6.08 Å². The van der Waals surface area contributed by atoms with Crippen LogP contribution < -0.4 is 4.90 Å². The Morgan fingerprint density at radius 3 is 2.57 bits per heavy atom. The zero-order valence-electron chi connectivity index (χ0n) is 19.3. The van der Waals surface area contributed by atoms with Crippen molar-refractivity contribution in [2.45, 2.75) is 6.92 Å². The molecule has 2 fully saturated rings. The number of thioether (sulfide) groups is 1. The fourth-order valence-electron chi connectivity index (χ4n) is 3.78. The van der Waals surface area contributed by atoms with Crippen molar-refractivity contribution in [1.29, 1.82) is 0 Å². The Balaban J connectivity index is 1.68. The van der Waals surface area contributed by atoms with E-state index in [0.29, 0.717) is 59.7 Å². The summed E-state index contributed by atoms with van der Waals surface area (Å²) in [5, 5.41) is 11.9. The number of nitrogens with zero attached hydrogens (tertiary/aromatic N) is 4. The molecule has 2 heterocycles. The van der Waals surface area contributed by atoms with Gasteiger partial charge in [0.25, 0.3) is 11.6 Å². The van der Waals surface area contributed by atoms with E-state index in [4.69, 9.17) is 9.47 Å². The molecule has 35 heavy (non-hydrogen) atoms. The molecule has 0 aromatic heterocycles. The lowest BCUT2D eigenvalue weighted by molar-refractivity contribution is -0.384. The summed E-state index contributed by atoms with van der Waals surface area (Å²) in [7, 11) is 1.32. The van der Waals surface area contributed by atoms with Crippen LogP contribution in [-0.4, -0.2) is 66.8 Å². The molecule has 2 aromatic rings. The Labute approximate surface area is 206 Å². The molecule has 2 saturated heterocycles. The summed E-state index contributed by atoms with van der Waals surface area (Å²) in [5.74, 6) is -0.662. The van der Waals surface area contributed by atoms with E-state index in [1.54, 1.807) is 41.3 Å². The molecule has 2 aliphatic rings. The van der Waals surface area contributed by atoms with Crippen LogP contribution in [0.3, 0.4) is 0 Å². The zero-order chi connectivity index (χ0) is 24.9. The van der Waals surface area contributed by atoms with E-state index in [1.807, 2.05) is 6.92 Å². The number of carbonyl (C=O) groups is 2. The number of nitro benzene ring substituents is 1. The van der Waals surface area contributed by atoms with Crippen molar-refractivity contribution in [3.63, 3.8) is 0 Å². The number of carbonyl (C=O) groups excluding carboxylic acids is 2. The van der Waals surface area contributed by atoms with Crippen molar-refractivity contribution in [1.82, 2.24) is 4.90 Å². The second kappa shape index (κ2) is 10.7. The van der Waals surface area contributed by atoms with E-state index >= 15 is 0 Å². The quantitative estimate of drug-likeness (QED) is 0.256. The highest BCUT2D eigenvalue weighted by atomic mass is 32.2. The van der Waals surface area contributed by atoms with Crippen molar-refractivity contribution in [2.24, 2.45) is 4.99 Å². The van der Waals surface area contributed by atoms with Crippen LogP contribution in [0.2, 0.25) is 0 Å². The van der Waals surface area contributed by atoms with E-state index in [-0.39, 0.29) is 11.6 Å². The smallest absolute Gasteiger partial charge is 0.337 e. The second-order valence-corrected chi connectivity index (χ2v) is 8.70. The van der Waals surface area contributed by atoms with Gasteiger partial charge in [-0.2, -0.15) is 0 Å². The molecule has 0 atom stereocenters. The third kappa shape index (κ3) is 5.36. The van der Waals surface area contributed by atoms with Gasteiger partial charge in [-0.1, -0.05) is 0 Å². The monoisotopic (exact) mass is 496 g/mol. The highest BCUT2D eigenvalue weighted by Crippen LogP contribution is 2.36. The molecular weight excluding hydrogens is 472 g/mol. The first-order valence-electron chi connectivity index (χ1n) is 11.0. The van der Waals surface area contributed by atoms with Gasteiger partial charge in [-0.15, -0.1) is 0 Å². The number of ether oxygens (including phenoxy) is 2. The third-order valence-electron chi connectivity index (χ3n) is 5.58. The summed E-state index contributed by atoms with van der Waals surface area (Å²) < 4.78 is 10.1. The molecule has 0 unspecified atom stereocenters. The number of benzene rings is 2. The SMILES string of the molecule is CCN1C(=O)C(=Cc2cc([N+](=O)[O-])ccc2N2CCOCC2)SC1=Nc1ccc(C(=O)OC)cc1. The van der Waals surface area contributed by atoms with Crippen LogP contribution in [-0.2, 0) is 14.3 Å². The molecule has 0 bridgehead atoms. The van der Waals surface area contributed by atoms with Gasteiger partial charge in [0, 0.05) is 43.0 Å². The van der Waals surface area contributed by atoms with E-state index in [0.717, 1.165) is 5.69 Å². The maximum absolute atomic E-state index is 13.2. The lowest BCUT2D eigenvalue weighted by Gasteiger charge is -2.30. The van der Waals surface area contributed by atoms with Gasteiger partial charge in [0.2, 0.25) is 0 Å². The van der Waals surface area contributed by atoms with Gasteiger partial charge >= 0.3 is 5.97 Å². The average molecular weight is 497 g/mol. The topological polar surface area (TPSA) is 115 Å². The van der Waals surface area contributed by atoms with Crippen LogP contribution in [0.1, 0.15) is 22.8 Å². The number of rotatable bonds is 6. The van der Waals surface area contributed by atoms with Gasteiger partial charge < -0.3 is 14.4 Å². The predicted molar refractivity (Wildman–Crippen MR) is 134 cm³/mol. The maximum atomic E-state index is 13.2. The summed E-state index contributed by atoms with van der Waals surface area (Å²) >= 11 is 1.21. The van der Waals surface area contributed by atoms with Gasteiger partial charge in [-0.3, -0.25) is 19.8 Å². The summed E-state index contributed by atoms with van der Waals surface area (Å²) in [4.78, 5) is 44.4. The molecule has 0 spiro atoms. The van der Waals surface area contributed by atoms with E-state index in [9.17, 15) is 19.7 Å². The number of hydrogen-bond donors (Lipinski definition) is 0. The maximum Gasteiger partial charge on any atom is 0.337 e. The number of amidine groups is 1. The average Bonchev–Trinajstić information content (AvgIpc) is 3.17. The number of likely N-dealkylation sites (N-methyl/N-ethyl adjacent to an activating group) is 1. The Morgan fingerprint density at radius 1 is 1.23 bits per heavy atom. The minimum absolute atomic E-state index is 0.0451. The van der Waals surface area contributed by atoms with Crippen LogP contribution in [0, 0.1) is 10.1 Å². The molecule has 11 heteroatoms. The number of aliphatic imine (C=N–C) groups is 1. The fourth-order valence-corrected chi connectivity index (χ4v) is 4.83. The lowest BCUT2D eigenvalue weighted by atomic mass is 10.1. The van der Waals surface area contributed by atoms with Crippen LogP contribution >= 0.6 is 11.8 Å². The first-order chi connectivity index (χ1) is 16.9. The number of amides is 1. The second-order valence-electron chi connectivity index (χ2n) is 7.69. The molecule has 2 aromatic carbocycles. The van der Waals surface area contributed by atoms with Crippen LogP contribution in [0.4, 0.5) is 17.1 Å². The largest absolute Gasteiger partial charge is 0.465 e. The number of hydrogen-bond acceptors (Lipinski definition) is 9. The van der Waals surface area contributed by atoms with Crippen molar-refractivity contribution in [3.05, 3.63) is 68.6 Å². The van der Waals surface area contributed by atoms with Gasteiger partial charge in [0.05, 0.1) is 41.4 Å². The minimum atomic E-state index is -0.446. The summed E-state index contributed by atoms with van der Waals surface area (Å²) in [6, 6.07) is 11.3. The Bertz CT molecular complexity index is 1200. The molecule has 1 amide bonds. The first-order valence-corrected chi connectivity index (χ1v) is 11.8. The molecule has 182 valence electrons. The standard InChI is InChI=1S/C24H24N4O6S/c1-3-27-22(29)21(35-24(27)25-18-6-4-16(5-7-18)23(30)33-2)15-17-14-19(28(31)32)8-9-20(17)26-10-12-34-13-11-26/h4-9,14-15H,3,10-13H2,1-2H3. The third-order valence-corrected chi connectivity index (χ3v) is 6.58. The fraction of sp³-hybridized carbons (Fsp3) is 0.292. The van der Waals surface area contributed by atoms with Crippen LogP contribution in [0.15, 0.2) is 52.4 Å². The Hall–Kier alpha value is -3.70. The predicted octanol–water partition coefficient (Wildman–Crippen LogP) is 3.84. The highest BCUT2D eigenvalue weighted by Gasteiger charge is 2.33. The number of methoxy groups -OCH3 is 1. The van der Waals surface area contributed by atoms with Gasteiger partial charge in [-0.05, 0) is 55.1 Å². The Morgan fingerprint density at radius 2 is 1.94 bits per heavy atom. The van der Waals surface area contributed by atoms with E-state index in [2.05, 4.69) is 9.89 Å². The minimum Gasteiger partial charge on any atom is -0.465 e. The molecule has 0 aliphatic carbocycles. The van der Waals surface area contributed by atoms with Gasteiger partial charge in [0.1, 0.15) is 0 Å². The van der Waals surface area contributed by atoms with Crippen molar-refractivity contribution in [2.75, 3.05) is 44.9 Å². The molecular formula is C24H24N4O6S. The zero-order valence-corrected chi connectivity index (χ0v) is 20.1. The Kier molecular flexibility index (Phi) is 7.47. The summed E-state index contributed by atoms with van der Waals surface area (Å²) in [6.45, 7) is 4.71. The highest BCUT2D eigenvalue weighted by molar-refractivity contribution is 8.18. The van der Waals surface area contributed by atoms with Crippen molar-refractivity contribution >= 4 is 51.9 Å². The molecule has 10 nitrogen and oxygen atoms in total. The number of nitro groups is 1. The molecule has 0 N–H and O–H groups in total. The first kappa shape index (κ1) is 24.4. The van der Waals surface area contributed by atoms with Crippen LogP contribution in [0.5, 0.6) is 0 Å². The number of morpholine rings is 1. The molecule has 2 aliphatic heterocycles. The van der Waals surface area contributed by atoms with E-state index in [1.165, 1.54) is 31.0 Å². The number of non-ortho nitro benzene ring substituents is 1. The number of anilines is 1. The van der Waals surface area contributed by atoms with Gasteiger partial charge in [0.15, 0.2) is 5.17 Å². The van der Waals surface area contributed by atoms with Gasteiger partial charge in [-0.25, -0.2) is 9.79 Å².